The van der Waals surface area contributed by atoms with Crippen LogP contribution in [0.1, 0.15) is 36.2 Å². The van der Waals surface area contributed by atoms with Crippen molar-refractivity contribution in [2.24, 2.45) is 7.05 Å². The highest BCUT2D eigenvalue weighted by Gasteiger charge is 2.30. The van der Waals surface area contributed by atoms with E-state index in [9.17, 15) is 4.79 Å². The molecule has 1 aliphatic heterocycles. The molecule has 1 aliphatic rings. The molecule has 1 atom stereocenters. The molecule has 1 aromatic carbocycles. The Balaban J connectivity index is 1.73. The molecule has 0 aliphatic carbocycles. The number of fused-ring (bicyclic) bond motifs is 1. The highest BCUT2D eigenvalue weighted by Crippen LogP contribution is 2.32. The van der Waals surface area contributed by atoms with Crippen LogP contribution >= 0.6 is 0 Å². The molecule has 6 heteroatoms. The normalized spacial score (nSPS) is 18.5. The molecule has 0 radical (unpaired) electrons. The lowest BCUT2D eigenvalue weighted by molar-refractivity contribution is 0.207. The predicted molar refractivity (Wildman–Crippen MR) is 90.6 cm³/mol. The summed E-state index contributed by atoms with van der Waals surface area (Å²) in [6.07, 6.45) is 2.08. The minimum atomic E-state index is 0.0120. The fourth-order valence-electron chi connectivity index (χ4n) is 3.53. The van der Waals surface area contributed by atoms with Crippen LogP contribution < -0.4 is 5.56 Å². The molecule has 124 valence electrons. The number of aryl methyl sites for hydroxylation is 1. The molecule has 0 spiro atoms. The van der Waals surface area contributed by atoms with Crippen LogP contribution in [0, 0.1) is 6.92 Å². The number of nitrogens with zero attached hydrogens (tertiary/aromatic N) is 4. The Hall–Kier alpha value is -2.47. The van der Waals surface area contributed by atoms with E-state index in [1.165, 1.54) is 0 Å². The van der Waals surface area contributed by atoms with Crippen LogP contribution in [0.2, 0.25) is 0 Å². The molecule has 3 heterocycles. The van der Waals surface area contributed by atoms with Crippen LogP contribution in [0.15, 0.2) is 39.6 Å². The molecule has 0 saturated carbocycles. The standard InChI is InChI=1S/C18H20N4O2/c1-12-10-13(24-20-12)11-22-9-5-8-16(22)17-19-15-7-4-3-6-14(15)18(23)21(17)2/h3-4,6-7,10,16H,5,8-9,11H2,1-2H3. The quantitative estimate of drug-likeness (QED) is 0.741. The number of benzene rings is 1. The van der Waals surface area contributed by atoms with Crippen molar-refractivity contribution < 1.29 is 4.52 Å². The maximum Gasteiger partial charge on any atom is 0.261 e. The van der Waals surface area contributed by atoms with Gasteiger partial charge in [-0.05, 0) is 38.4 Å². The third kappa shape index (κ3) is 2.53. The van der Waals surface area contributed by atoms with Gasteiger partial charge in [-0.2, -0.15) is 0 Å². The molecular weight excluding hydrogens is 304 g/mol. The first kappa shape index (κ1) is 15.1. The maximum absolute atomic E-state index is 12.7. The largest absolute Gasteiger partial charge is 0.360 e. The topological polar surface area (TPSA) is 64.2 Å². The van der Waals surface area contributed by atoms with E-state index in [-0.39, 0.29) is 11.6 Å². The molecule has 4 rings (SSSR count). The summed E-state index contributed by atoms with van der Waals surface area (Å²) in [7, 11) is 1.81. The van der Waals surface area contributed by atoms with Crippen LogP contribution in [0.25, 0.3) is 10.9 Å². The summed E-state index contributed by atoms with van der Waals surface area (Å²) in [5.74, 6) is 1.68. The van der Waals surface area contributed by atoms with Gasteiger partial charge in [0.2, 0.25) is 0 Å². The zero-order chi connectivity index (χ0) is 16.7. The average Bonchev–Trinajstić information content (AvgIpc) is 3.20. The summed E-state index contributed by atoms with van der Waals surface area (Å²) in [4.78, 5) is 19.8. The lowest BCUT2D eigenvalue weighted by Crippen LogP contribution is -2.30. The first-order valence-electron chi connectivity index (χ1n) is 8.25. The van der Waals surface area contributed by atoms with E-state index in [4.69, 9.17) is 9.51 Å². The Kier molecular flexibility index (Phi) is 3.69. The molecule has 24 heavy (non-hydrogen) atoms. The summed E-state index contributed by atoms with van der Waals surface area (Å²) in [5.41, 5.74) is 1.66. The molecule has 0 amide bonds. The summed E-state index contributed by atoms with van der Waals surface area (Å²) in [6.45, 7) is 3.57. The number of hydrogen-bond acceptors (Lipinski definition) is 5. The molecule has 0 bridgehead atoms. The fourth-order valence-corrected chi connectivity index (χ4v) is 3.53. The monoisotopic (exact) mass is 324 g/mol. The van der Waals surface area contributed by atoms with E-state index in [0.717, 1.165) is 42.2 Å². The van der Waals surface area contributed by atoms with Crippen molar-refractivity contribution in [1.29, 1.82) is 0 Å². The molecule has 1 fully saturated rings. The van der Waals surface area contributed by atoms with Gasteiger partial charge in [-0.3, -0.25) is 14.3 Å². The third-order valence-corrected chi connectivity index (χ3v) is 4.72. The molecule has 6 nitrogen and oxygen atoms in total. The van der Waals surface area contributed by atoms with E-state index >= 15 is 0 Å². The fraction of sp³-hybridized carbons (Fsp3) is 0.389. The summed E-state index contributed by atoms with van der Waals surface area (Å²) in [6, 6.07) is 9.61. The first-order valence-corrected chi connectivity index (χ1v) is 8.25. The van der Waals surface area contributed by atoms with Crippen LogP contribution in [-0.2, 0) is 13.6 Å². The number of para-hydroxylation sites is 1. The lowest BCUT2D eigenvalue weighted by Gasteiger charge is -2.24. The van der Waals surface area contributed by atoms with Crippen molar-refractivity contribution in [3.63, 3.8) is 0 Å². The van der Waals surface area contributed by atoms with Crippen molar-refractivity contribution in [3.8, 4) is 0 Å². The molecule has 3 aromatic rings. The average molecular weight is 324 g/mol. The predicted octanol–water partition coefficient (Wildman–Crippen LogP) is 2.57. The van der Waals surface area contributed by atoms with Crippen LogP contribution in [0.5, 0.6) is 0 Å². The Morgan fingerprint density at radius 3 is 2.96 bits per heavy atom. The van der Waals surface area contributed by atoms with Gasteiger partial charge in [0.05, 0.1) is 29.2 Å². The van der Waals surface area contributed by atoms with Gasteiger partial charge in [-0.25, -0.2) is 4.98 Å². The highest BCUT2D eigenvalue weighted by atomic mass is 16.5. The second kappa shape index (κ2) is 5.87. The van der Waals surface area contributed by atoms with Crippen LogP contribution in [0.4, 0.5) is 0 Å². The van der Waals surface area contributed by atoms with E-state index in [1.54, 1.807) is 4.57 Å². The first-order chi connectivity index (χ1) is 11.6. The molecule has 1 saturated heterocycles. The summed E-state index contributed by atoms with van der Waals surface area (Å²) in [5, 5.41) is 4.62. The Morgan fingerprint density at radius 2 is 2.17 bits per heavy atom. The Labute approximate surface area is 139 Å². The number of rotatable bonds is 3. The second-order valence-corrected chi connectivity index (χ2v) is 6.41. The van der Waals surface area contributed by atoms with Gasteiger partial charge in [-0.15, -0.1) is 0 Å². The van der Waals surface area contributed by atoms with Gasteiger partial charge in [0.15, 0.2) is 5.76 Å². The number of aromatic nitrogens is 3. The van der Waals surface area contributed by atoms with E-state index in [0.29, 0.717) is 11.9 Å². The Morgan fingerprint density at radius 1 is 1.33 bits per heavy atom. The van der Waals surface area contributed by atoms with Gasteiger partial charge < -0.3 is 4.52 Å². The SMILES string of the molecule is Cc1cc(CN2CCCC2c2nc3ccccc3c(=O)n2C)on1. The lowest BCUT2D eigenvalue weighted by atomic mass is 10.1. The second-order valence-electron chi connectivity index (χ2n) is 6.41. The minimum absolute atomic E-state index is 0.0120. The molecule has 2 aromatic heterocycles. The van der Waals surface area contributed by atoms with Gasteiger partial charge in [0.1, 0.15) is 5.82 Å². The van der Waals surface area contributed by atoms with Crippen molar-refractivity contribution in [2.75, 3.05) is 6.54 Å². The molecule has 1 unspecified atom stereocenters. The van der Waals surface area contributed by atoms with E-state index in [2.05, 4.69) is 10.1 Å². The van der Waals surface area contributed by atoms with Gasteiger partial charge in [0.25, 0.3) is 5.56 Å². The number of hydrogen-bond donors (Lipinski definition) is 0. The van der Waals surface area contributed by atoms with Crippen molar-refractivity contribution in [1.82, 2.24) is 19.6 Å². The van der Waals surface area contributed by atoms with Crippen LogP contribution in [0.3, 0.4) is 0 Å². The third-order valence-electron chi connectivity index (χ3n) is 4.72. The van der Waals surface area contributed by atoms with Crippen LogP contribution in [-0.4, -0.2) is 26.2 Å². The molecular formula is C18H20N4O2. The smallest absolute Gasteiger partial charge is 0.261 e. The van der Waals surface area contributed by atoms with Crippen molar-refractivity contribution in [2.45, 2.75) is 32.4 Å². The van der Waals surface area contributed by atoms with Crippen molar-refractivity contribution in [3.05, 3.63) is 58.0 Å². The van der Waals surface area contributed by atoms with E-state index in [1.807, 2.05) is 44.3 Å². The highest BCUT2D eigenvalue weighted by molar-refractivity contribution is 5.77. The molecule has 0 N–H and O–H groups in total. The zero-order valence-electron chi connectivity index (χ0n) is 13.9. The summed E-state index contributed by atoms with van der Waals surface area (Å²) >= 11 is 0. The zero-order valence-corrected chi connectivity index (χ0v) is 13.9. The summed E-state index contributed by atoms with van der Waals surface area (Å²) < 4.78 is 7.05. The van der Waals surface area contributed by atoms with Gasteiger partial charge in [-0.1, -0.05) is 17.3 Å². The number of likely N-dealkylation sites (tertiary alicyclic amines) is 1. The van der Waals surface area contributed by atoms with Gasteiger partial charge >= 0.3 is 0 Å². The minimum Gasteiger partial charge on any atom is -0.360 e. The van der Waals surface area contributed by atoms with E-state index < -0.39 is 0 Å². The van der Waals surface area contributed by atoms with Crippen molar-refractivity contribution >= 4 is 10.9 Å². The Bertz CT molecular complexity index is 944. The maximum atomic E-state index is 12.7. The van der Waals surface area contributed by atoms with Gasteiger partial charge in [0, 0.05) is 13.1 Å².